The van der Waals surface area contributed by atoms with E-state index in [-0.39, 0.29) is 0 Å². The van der Waals surface area contributed by atoms with Crippen molar-refractivity contribution < 1.29 is 19.8 Å². The van der Waals surface area contributed by atoms with E-state index < -0.39 is 24.0 Å². The predicted octanol–water partition coefficient (Wildman–Crippen LogP) is -1.61. The lowest BCUT2D eigenvalue weighted by Gasteiger charge is -2.26. The number of rotatable bonds is 6. The summed E-state index contributed by atoms with van der Waals surface area (Å²) < 4.78 is 0. The second kappa shape index (κ2) is 10.7. The second-order valence-electron chi connectivity index (χ2n) is 7.54. The van der Waals surface area contributed by atoms with E-state index in [2.05, 4.69) is 51.9 Å². The number of carboxylic acid groups (broad SMARTS) is 2. The molecule has 14 nitrogen and oxygen atoms in total. The van der Waals surface area contributed by atoms with Crippen molar-refractivity contribution in [2.24, 2.45) is 11.8 Å². The highest BCUT2D eigenvalue weighted by Crippen LogP contribution is 2.20. The number of aromatic nitrogens is 8. The highest BCUT2D eigenvalue weighted by atomic mass is 16.4. The van der Waals surface area contributed by atoms with Crippen molar-refractivity contribution in [1.29, 1.82) is 0 Å². The van der Waals surface area contributed by atoms with Gasteiger partial charge in [-0.15, -0.1) is 20.4 Å². The Labute approximate surface area is 171 Å². The van der Waals surface area contributed by atoms with Gasteiger partial charge in [0.05, 0.1) is 0 Å². The molecule has 2 saturated heterocycles. The molecule has 4 atom stereocenters. The maximum absolute atomic E-state index is 10.8. The molecule has 2 aliphatic rings. The molecule has 2 aliphatic heterocycles. The molecule has 0 aromatic carbocycles. The number of piperidine rings is 2. The van der Waals surface area contributed by atoms with Gasteiger partial charge in [0.15, 0.2) is 11.6 Å². The fourth-order valence-corrected chi connectivity index (χ4v) is 3.79. The number of H-pyrrole nitrogens is 2. The Kier molecular flexibility index (Phi) is 7.73. The van der Waals surface area contributed by atoms with Crippen LogP contribution in [0.3, 0.4) is 0 Å². The number of nitrogens with zero attached hydrogens (tertiary/aromatic N) is 6. The third kappa shape index (κ3) is 6.52. The van der Waals surface area contributed by atoms with E-state index in [0.29, 0.717) is 49.2 Å². The molecule has 4 heterocycles. The Bertz CT molecular complexity index is 718. The quantitative estimate of drug-likeness (QED) is 0.311. The smallest absolute Gasteiger partial charge is 0.320 e. The summed E-state index contributed by atoms with van der Waals surface area (Å²) in [5.74, 6) is 0.396. The van der Waals surface area contributed by atoms with Gasteiger partial charge in [-0.05, 0) is 50.6 Å². The van der Waals surface area contributed by atoms with Gasteiger partial charge in [0, 0.05) is 12.8 Å². The Morgan fingerprint density at radius 3 is 1.57 bits per heavy atom. The van der Waals surface area contributed by atoms with Crippen molar-refractivity contribution in [1.82, 2.24) is 51.9 Å². The van der Waals surface area contributed by atoms with Crippen LogP contribution in [0.15, 0.2) is 0 Å². The predicted molar refractivity (Wildman–Crippen MR) is 100 cm³/mol. The van der Waals surface area contributed by atoms with E-state index in [1.807, 2.05) is 0 Å². The van der Waals surface area contributed by atoms with Gasteiger partial charge in [0.25, 0.3) is 0 Å². The van der Waals surface area contributed by atoms with Crippen LogP contribution in [0.25, 0.3) is 0 Å². The Morgan fingerprint density at radius 2 is 1.23 bits per heavy atom. The summed E-state index contributed by atoms with van der Waals surface area (Å²) in [6.07, 6.45) is 4.56. The lowest BCUT2D eigenvalue weighted by molar-refractivity contribution is -0.141. The van der Waals surface area contributed by atoms with Crippen molar-refractivity contribution in [2.75, 3.05) is 13.1 Å². The monoisotopic (exact) mass is 422 g/mol. The first-order chi connectivity index (χ1) is 14.5. The molecule has 0 amide bonds. The summed E-state index contributed by atoms with van der Waals surface area (Å²) >= 11 is 0. The minimum atomic E-state index is -0.784. The molecule has 0 aliphatic carbocycles. The first-order valence-corrected chi connectivity index (χ1v) is 9.88. The number of hydrogen-bond acceptors (Lipinski definition) is 10. The molecule has 0 unspecified atom stereocenters. The number of carboxylic acids is 2. The van der Waals surface area contributed by atoms with Crippen molar-refractivity contribution in [3.8, 4) is 0 Å². The van der Waals surface area contributed by atoms with E-state index >= 15 is 0 Å². The van der Waals surface area contributed by atoms with Crippen molar-refractivity contribution in [3.63, 3.8) is 0 Å². The number of carbonyl (C=O) groups is 2. The van der Waals surface area contributed by atoms with E-state index in [0.717, 1.165) is 25.9 Å². The maximum Gasteiger partial charge on any atom is 0.320 e. The number of hydrogen-bond donors (Lipinski definition) is 6. The number of aliphatic carboxylic acids is 2. The summed E-state index contributed by atoms with van der Waals surface area (Å²) in [4.78, 5) is 21.6. The Balaban J connectivity index is 0.000000171. The van der Waals surface area contributed by atoms with E-state index in [1.165, 1.54) is 0 Å². The van der Waals surface area contributed by atoms with Gasteiger partial charge in [-0.3, -0.25) is 9.59 Å². The van der Waals surface area contributed by atoms with E-state index in [9.17, 15) is 9.59 Å². The van der Waals surface area contributed by atoms with Crippen LogP contribution in [0.1, 0.15) is 37.3 Å². The van der Waals surface area contributed by atoms with Crippen LogP contribution in [-0.2, 0) is 22.4 Å². The largest absolute Gasteiger partial charge is 0.480 e. The van der Waals surface area contributed by atoms with Gasteiger partial charge in [-0.25, -0.2) is 0 Å². The summed E-state index contributed by atoms with van der Waals surface area (Å²) in [5.41, 5.74) is 0. The standard InChI is InChI=1S/2C8H13N5O2/c2*14-8(15)6-3-5(1-2-9-6)4-7-10-12-13-11-7/h2*5-6,9H,1-4H2,(H,14,15)(H,10,11,12,13)/t2*5-,6+/m10/s1. The first-order valence-electron chi connectivity index (χ1n) is 9.88. The lowest BCUT2D eigenvalue weighted by Crippen LogP contribution is -2.43. The zero-order valence-corrected chi connectivity index (χ0v) is 16.4. The zero-order valence-electron chi connectivity index (χ0n) is 16.4. The Hall–Kier alpha value is -3.00. The molecule has 0 bridgehead atoms. The molecule has 2 fully saturated rings. The molecule has 0 spiro atoms. The van der Waals surface area contributed by atoms with Crippen molar-refractivity contribution in [3.05, 3.63) is 11.6 Å². The average molecular weight is 422 g/mol. The zero-order chi connectivity index (χ0) is 21.3. The van der Waals surface area contributed by atoms with Crippen LogP contribution in [0.5, 0.6) is 0 Å². The SMILES string of the molecule is O=C(O)[C@@H]1C[C@H](Cc2nn[nH]n2)CCN1.O=C(O)[C@H]1C[C@@H](Cc2nn[nH]n2)CCN1. The summed E-state index contributed by atoms with van der Waals surface area (Å²) in [6, 6.07) is -0.869. The average Bonchev–Trinajstić information content (AvgIpc) is 3.43. The van der Waals surface area contributed by atoms with Crippen molar-refractivity contribution in [2.45, 2.75) is 50.6 Å². The third-order valence-electron chi connectivity index (χ3n) is 5.34. The Morgan fingerprint density at radius 1 is 0.800 bits per heavy atom. The molecule has 0 saturated carbocycles. The van der Waals surface area contributed by atoms with Gasteiger partial charge in [-0.1, -0.05) is 10.4 Å². The summed E-state index contributed by atoms with van der Waals surface area (Å²) in [6.45, 7) is 1.47. The molecule has 2 aromatic heterocycles. The normalized spacial score (nSPS) is 26.4. The van der Waals surface area contributed by atoms with Gasteiger partial charge in [-0.2, -0.15) is 10.4 Å². The number of tetrazole rings is 2. The molecule has 30 heavy (non-hydrogen) atoms. The topological polar surface area (TPSA) is 208 Å². The number of aromatic amines is 2. The minimum Gasteiger partial charge on any atom is -0.480 e. The van der Waals surface area contributed by atoms with Crippen LogP contribution >= 0.6 is 0 Å². The molecule has 4 rings (SSSR count). The van der Waals surface area contributed by atoms with E-state index in [1.54, 1.807) is 0 Å². The highest BCUT2D eigenvalue weighted by Gasteiger charge is 2.28. The number of nitrogens with one attached hydrogen (secondary N) is 4. The minimum absolute atomic E-state index is 0.324. The van der Waals surface area contributed by atoms with Crippen LogP contribution in [0.4, 0.5) is 0 Å². The van der Waals surface area contributed by atoms with Gasteiger partial charge in [0.2, 0.25) is 0 Å². The molecular weight excluding hydrogens is 396 g/mol. The molecular formula is C16H26N10O4. The van der Waals surface area contributed by atoms with Crippen LogP contribution < -0.4 is 10.6 Å². The summed E-state index contributed by atoms with van der Waals surface area (Å²) in [5, 5.41) is 50.9. The molecule has 164 valence electrons. The second-order valence-corrected chi connectivity index (χ2v) is 7.54. The molecule has 2 aromatic rings. The van der Waals surface area contributed by atoms with Gasteiger partial charge in [0.1, 0.15) is 12.1 Å². The molecule has 14 heteroatoms. The van der Waals surface area contributed by atoms with Crippen LogP contribution in [-0.4, -0.2) is 88.6 Å². The third-order valence-corrected chi connectivity index (χ3v) is 5.34. The fourth-order valence-electron chi connectivity index (χ4n) is 3.79. The first kappa shape index (κ1) is 21.7. The van der Waals surface area contributed by atoms with Crippen LogP contribution in [0.2, 0.25) is 0 Å². The molecule has 0 radical (unpaired) electrons. The van der Waals surface area contributed by atoms with Gasteiger partial charge < -0.3 is 20.8 Å². The van der Waals surface area contributed by atoms with Gasteiger partial charge >= 0.3 is 11.9 Å². The fraction of sp³-hybridized carbons (Fsp3) is 0.750. The van der Waals surface area contributed by atoms with Crippen molar-refractivity contribution >= 4 is 11.9 Å². The van der Waals surface area contributed by atoms with E-state index in [4.69, 9.17) is 10.2 Å². The lowest BCUT2D eigenvalue weighted by atomic mass is 9.89. The van der Waals surface area contributed by atoms with Crippen LogP contribution in [0, 0.1) is 11.8 Å². The molecule has 6 N–H and O–H groups in total. The summed E-state index contributed by atoms with van der Waals surface area (Å²) in [7, 11) is 0. The maximum atomic E-state index is 10.8. The highest BCUT2D eigenvalue weighted by molar-refractivity contribution is 5.73.